The van der Waals surface area contributed by atoms with E-state index in [-0.39, 0.29) is 5.91 Å². The van der Waals surface area contributed by atoms with Crippen LogP contribution < -0.4 is 10.2 Å². The average molecular weight is 385 g/mol. The van der Waals surface area contributed by atoms with E-state index in [2.05, 4.69) is 26.1 Å². The third-order valence-electron chi connectivity index (χ3n) is 3.83. The van der Waals surface area contributed by atoms with E-state index in [9.17, 15) is 4.79 Å². The number of nitrogens with zero attached hydrogens (tertiary/aromatic N) is 1. The summed E-state index contributed by atoms with van der Waals surface area (Å²) in [4.78, 5) is 14.7. The van der Waals surface area contributed by atoms with E-state index in [4.69, 9.17) is 9.47 Å². The van der Waals surface area contributed by atoms with Crippen molar-refractivity contribution in [2.45, 2.75) is 32.8 Å². The van der Waals surface area contributed by atoms with Gasteiger partial charge in [-0.2, -0.15) is 0 Å². The summed E-state index contributed by atoms with van der Waals surface area (Å²) in [5.74, 6) is -0.139. The predicted molar refractivity (Wildman–Crippen MR) is 96.1 cm³/mol. The monoisotopic (exact) mass is 384 g/mol. The number of carbonyl (C=O) groups excluding carboxylic acids is 1. The van der Waals surface area contributed by atoms with Crippen LogP contribution >= 0.6 is 15.9 Å². The Morgan fingerprint density at radius 2 is 2.09 bits per heavy atom. The Balaban J connectivity index is 1.97. The molecule has 0 radical (unpaired) electrons. The van der Waals surface area contributed by atoms with Crippen LogP contribution in [0.15, 0.2) is 22.7 Å². The Labute approximate surface area is 146 Å². The van der Waals surface area contributed by atoms with Crippen molar-refractivity contribution >= 4 is 33.2 Å². The van der Waals surface area contributed by atoms with E-state index in [1.54, 1.807) is 6.92 Å². The van der Waals surface area contributed by atoms with E-state index in [1.807, 2.05) is 25.1 Å². The number of hydrogen-bond acceptors (Lipinski definition) is 4. The quantitative estimate of drug-likeness (QED) is 0.697. The number of halogens is 1. The lowest BCUT2D eigenvalue weighted by molar-refractivity contribution is -0.127. The van der Waals surface area contributed by atoms with Crippen LogP contribution in [0.3, 0.4) is 0 Å². The van der Waals surface area contributed by atoms with Crippen LogP contribution in [0.2, 0.25) is 0 Å². The Morgan fingerprint density at radius 1 is 1.35 bits per heavy atom. The Hall–Kier alpha value is -1.11. The van der Waals surface area contributed by atoms with Gasteiger partial charge in [0.2, 0.25) is 0 Å². The van der Waals surface area contributed by atoms with Gasteiger partial charge in [0, 0.05) is 24.2 Å². The second kappa shape index (κ2) is 9.25. The predicted octanol–water partition coefficient (Wildman–Crippen LogP) is 3.43. The molecule has 1 heterocycles. The minimum absolute atomic E-state index is 0.139. The van der Waals surface area contributed by atoms with Crippen LogP contribution in [0, 0.1) is 0 Å². The van der Waals surface area contributed by atoms with Gasteiger partial charge in [0.15, 0.2) is 0 Å². The van der Waals surface area contributed by atoms with Gasteiger partial charge in [0.25, 0.3) is 5.91 Å². The second-order valence-corrected chi connectivity index (χ2v) is 6.47. The highest BCUT2D eigenvalue weighted by Gasteiger charge is 2.19. The van der Waals surface area contributed by atoms with Crippen LogP contribution in [0.25, 0.3) is 0 Å². The molecule has 1 aromatic rings. The number of nitrogens with one attached hydrogen (secondary N) is 1. The van der Waals surface area contributed by atoms with Crippen molar-refractivity contribution in [3.8, 4) is 0 Å². The van der Waals surface area contributed by atoms with Gasteiger partial charge in [0.1, 0.15) is 6.10 Å². The molecule has 0 aromatic heterocycles. The van der Waals surface area contributed by atoms with Crippen LogP contribution in [-0.4, -0.2) is 44.9 Å². The maximum absolute atomic E-state index is 12.3. The summed E-state index contributed by atoms with van der Waals surface area (Å²) in [6, 6.07) is 6.00. The van der Waals surface area contributed by atoms with E-state index in [1.165, 1.54) is 12.8 Å². The number of hydrogen-bond donors (Lipinski definition) is 1. The number of carbonyl (C=O) groups is 1. The molecule has 6 heteroatoms. The van der Waals surface area contributed by atoms with Crippen molar-refractivity contribution in [1.29, 1.82) is 0 Å². The van der Waals surface area contributed by atoms with Gasteiger partial charge in [-0.25, -0.2) is 0 Å². The molecule has 1 atom stereocenters. The van der Waals surface area contributed by atoms with Crippen molar-refractivity contribution in [2.24, 2.45) is 0 Å². The summed E-state index contributed by atoms with van der Waals surface area (Å²) < 4.78 is 11.7. The number of rotatable bonds is 8. The first kappa shape index (κ1) is 18.2. The van der Waals surface area contributed by atoms with E-state index in [0.29, 0.717) is 19.8 Å². The minimum atomic E-state index is -0.513. The van der Waals surface area contributed by atoms with Gasteiger partial charge in [-0.05, 0) is 44.9 Å². The smallest absolute Gasteiger partial charge is 0.253 e. The largest absolute Gasteiger partial charge is 0.379 e. The lowest BCUT2D eigenvalue weighted by Crippen LogP contribution is -2.30. The molecule has 1 aliphatic rings. The molecule has 0 spiro atoms. The zero-order valence-electron chi connectivity index (χ0n) is 13.8. The molecule has 1 amide bonds. The molecule has 1 aromatic carbocycles. The van der Waals surface area contributed by atoms with Crippen molar-refractivity contribution in [3.05, 3.63) is 22.7 Å². The molecule has 0 bridgehead atoms. The molecule has 5 nitrogen and oxygen atoms in total. The van der Waals surface area contributed by atoms with E-state index < -0.39 is 6.10 Å². The molecule has 128 valence electrons. The summed E-state index contributed by atoms with van der Waals surface area (Å²) >= 11 is 3.47. The van der Waals surface area contributed by atoms with Crippen LogP contribution in [0.5, 0.6) is 0 Å². The van der Waals surface area contributed by atoms with Crippen molar-refractivity contribution < 1.29 is 14.3 Å². The summed E-state index contributed by atoms with van der Waals surface area (Å²) in [7, 11) is 0. The molecular weight excluding hydrogens is 360 g/mol. The molecule has 1 unspecified atom stereocenters. The standard InChI is InChI=1S/C17H25BrN2O3/c1-3-22-10-11-23-13(2)17(21)19-15-12-14(18)6-7-16(15)20-8-4-5-9-20/h6-7,12-13H,3-5,8-11H2,1-2H3,(H,19,21). The van der Waals surface area contributed by atoms with Gasteiger partial charge in [0.05, 0.1) is 24.6 Å². The highest BCUT2D eigenvalue weighted by Crippen LogP contribution is 2.31. The second-order valence-electron chi connectivity index (χ2n) is 5.55. The van der Waals surface area contributed by atoms with Gasteiger partial charge < -0.3 is 19.7 Å². The number of ether oxygens (including phenoxy) is 2. The summed E-state index contributed by atoms with van der Waals surface area (Å²) in [5, 5.41) is 2.99. The SMILES string of the molecule is CCOCCOC(C)C(=O)Nc1cc(Br)ccc1N1CCCC1. The first-order valence-corrected chi connectivity index (χ1v) is 8.96. The highest BCUT2D eigenvalue weighted by molar-refractivity contribution is 9.10. The lowest BCUT2D eigenvalue weighted by atomic mass is 10.2. The molecule has 1 saturated heterocycles. The fourth-order valence-corrected chi connectivity index (χ4v) is 2.94. The lowest BCUT2D eigenvalue weighted by Gasteiger charge is -2.23. The first-order chi connectivity index (χ1) is 11.1. The van der Waals surface area contributed by atoms with Crippen molar-refractivity contribution in [2.75, 3.05) is 43.1 Å². The molecule has 23 heavy (non-hydrogen) atoms. The fraction of sp³-hybridized carbons (Fsp3) is 0.588. The Morgan fingerprint density at radius 3 is 2.78 bits per heavy atom. The van der Waals surface area contributed by atoms with E-state index >= 15 is 0 Å². The molecular formula is C17H25BrN2O3. The maximum atomic E-state index is 12.3. The Bertz CT molecular complexity index is 519. The fourth-order valence-electron chi connectivity index (χ4n) is 2.58. The zero-order chi connectivity index (χ0) is 16.7. The summed E-state index contributed by atoms with van der Waals surface area (Å²) in [6.07, 6.45) is 1.88. The zero-order valence-corrected chi connectivity index (χ0v) is 15.4. The van der Waals surface area contributed by atoms with Gasteiger partial charge in [-0.1, -0.05) is 15.9 Å². The first-order valence-electron chi connectivity index (χ1n) is 8.16. The van der Waals surface area contributed by atoms with Crippen LogP contribution in [0.4, 0.5) is 11.4 Å². The normalized spacial score (nSPS) is 15.7. The molecule has 1 aliphatic heterocycles. The highest BCUT2D eigenvalue weighted by atomic mass is 79.9. The average Bonchev–Trinajstić information content (AvgIpc) is 3.05. The van der Waals surface area contributed by atoms with Crippen molar-refractivity contribution in [3.63, 3.8) is 0 Å². The number of anilines is 2. The van der Waals surface area contributed by atoms with Gasteiger partial charge >= 0.3 is 0 Å². The van der Waals surface area contributed by atoms with E-state index in [0.717, 1.165) is 28.9 Å². The van der Waals surface area contributed by atoms with Crippen LogP contribution in [0.1, 0.15) is 26.7 Å². The third-order valence-corrected chi connectivity index (χ3v) is 4.33. The minimum Gasteiger partial charge on any atom is -0.379 e. The molecule has 1 fully saturated rings. The maximum Gasteiger partial charge on any atom is 0.253 e. The number of amides is 1. The summed E-state index contributed by atoms with van der Waals surface area (Å²) in [6.45, 7) is 7.33. The molecule has 1 N–H and O–H groups in total. The summed E-state index contributed by atoms with van der Waals surface area (Å²) in [5.41, 5.74) is 1.90. The Kier molecular flexibility index (Phi) is 7.33. The van der Waals surface area contributed by atoms with Crippen LogP contribution in [-0.2, 0) is 14.3 Å². The molecule has 2 rings (SSSR count). The number of benzene rings is 1. The van der Waals surface area contributed by atoms with Crippen molar-refractivity contribution in [1.82, 2.24) is 0 Å². The van der Waals surface area contributed by atoms with Gasteiger partial charge in [-0.15, -0.1) is 0 Å². The molecule has 0 saturated carbocycles. The molecule has 0 aliphatic carbocycles. The third kappa shape index (κ3) is 5.48. The topological polar surface area (TPSA) is 50.8 Å². The van der Waals surface area contributed by atoms with Gasteiger partial charge in [-0.3, -0.25) is 4.79 Å².